The molecule has 144 valence electrons. The van der Waals surface area contributed by atoms with E-state index >= 15 is 0 Å². The highest BCUT2D eigenvalue weighted by Gasteiger charge is 2.12. The van der Waals surface area contributed by atoms with E-state index in [9.17, 15) is 14.0 Å². The number of fused-ring (bicyclic) bond motifs is 1. The maximum atomic E-state index is 12.9. The Bertz CT molecular complexity index is 1050. The molecule has 2 aromatic carbocycles. The van der Waals surface area contributed by atoms with Gasteiger partial charge in [0.05, 0.1) is 5.52 Å². The number of aryl methyl sites for hydroxylation is 2. The van der Waals surface area contributed by atoms with Crippen molar-refractivity contribution in [3.8, 4) is 0 Å². The van der Waals surface area contributed by atoms with E-state index < -0.39 is 17.7 Å². The van der Waals surface area contributed by atoms with Crippen LogP contribution in [0.5, 0.6) is 0 Å². The van der Waals surface area contributed by atoms with Crippen LogP contribution in [0.4, 0.5) is 4.39 Å². The van der Waals surface area contributed by atoms with Crippen molar-refractivity contribution in [3.05, 3.63) is 75.7 Å². The predicted molar refractivity (Wildman–Crippen MR) is 105 cm³/mol. The topological polar surface area (TPSA) is 68.3 Å². The lowest BCUT2D eigenvalue weighted by molar-refractivity contribution is -0.143. The second-order valence-electron chi connectivity index (χ2n) is 6.37. The summed E-state index contributed by atoms with van der Waals surface area (Å²) in [7, 11) is 0. The van der Waals surface area contributed by atoms with Crippen molar-refractivity contribution in [3.63, 3.8) is 0 Å². The molecule has 1 N–H and O–H groups in total. The van der Waals surface area contributed by atoms with Crippen LogP contribution in [0.2, 0.25) is 5.15 Å². The summed E-state index contributed by atoms with van der Waals surface area (Å²) in [5.74, 6) is -1.55. The third-order valence-electron chi connectivity index (χ3n) is 4.43. The van der Waals surface area contributed by atoms with Crippen molar-refractivity contribution in [2.45, 2.75) is 20.5 Å². The minimum atomic E-state index is -0.619. The van der Waals surface area contributed by atoms with E-state index in [-0.39, 0.29) is 23.9 Å². The summed E-state index contributed by atoms with van der Waals surface area (Å²) in [5.41, 5.74) is 3.81. The third kappa shape index (κ3) is 4.46. The molecule has 0 unspecified atom stereocenters. The van der Waals surface area contributed by atoms with Gasteiger partial charge in [-0.1, -0.05) is 23.7 Å². The summed E-state index contributed by atoms with van der Waals surface area (Å²) in [4.78, 5) is 28.3. The van der Waals surface area contributed by atoms with Gasteiger partial charge >= 0.3 is 5.97 Å². The molecule has 1 amide bonds. The summed E-state index contributed by atoms with van der Waals surface area (Å²) in [6.45, 7) is 3.61. The standard InChI is InChI=1S/C21H18ClFN2O3/c1-12-3-4-15-9-16(20(22)25-19(15)13(12)2)11-28-18(26)10-24-21(27)14-5-7-17(23)8-6-14/h3-9H,10-11H2,1-2H3,(H,24,27). The molecule has 3 rings (SSSR count). The van der Waals surface area contributed by atoms with Crippen LogP contribution < -0.4 is 5.32 Å². The molecule has 0 aliphatic heterocycles. The van der Waals surface area contributed by atoms with E-state index in [4.69, 9.17) is 16.3 Å². The molecule has 5 nitrogen and oxygen atoms in total. The van der Waals surface area contributed by atoms with Crippen molar-refractivity contribution in [2.24, 2.45) is 0 Å². The number of rotatable bonds is 5. The van der Waals surface area contributed by atoms with Gasteiger partial charge in [0.1, 0.15) is 24.1 Å². The summed E-state index contributed by atoms with van der Waals surface area (Å²) in [6, 6.07) is 10.8. The lowest BCUT2D eigenvalue weighted by Gasteiger charge is -2.10. The molecule has 0 aliphatic carbocycles. The zero-order valence-corrected chi connectivity index (χ0v) is 16.1. The molecule has 0 spiro atoms. The fourth-order valence-electron chi connectivity index (χ4n) is 2.67. The number of nitrogens with one attached hydrogen (secondary N) is 1. The molecule has 1 aromatic heterocycles. The maximum absolute atomic E-state index is 12.9. The monoisotopic (exact) mass is 400 g/mol. The van der Waals surface area contributed by atoms with E-state index in [1.807, 2.05) is 32.0 Å². The number of carbonyl (C=O) groups is 2. The molecule has 0 fully saturated rings. The number of carbonyl (C=O) groups excluding carboxylic acids is 2. The number of esters is 1. The highest BCUT2D eigenvalue weighted by molar-refractivity contribution is 6.30. The number of aromatic nitrogens is 1. The molecule has 0 bridgehead atoms. The van der Waals surface area contributed by atoms with Crippen LogP contribution >= 0.6 is 11.6 Å². The normalized spacial score (nSPS) is 10.7. The molecule has 1 heterocycles. The van der Waals surface area contributed by atoms with E-state index in [0.717, 1.165) is 22.0 Å². The number of ether oxygens (including phenoxy) is 1. The highest BCUT2D eigenvalue weighted by atomic mass is 35.5. The Labute approximate surface area is 166 Å². The Balaban J connectivity index is 1.60. The van der Waals surface area contributed by atoms with E-state index in [1.165, 1.54) is 24.3 Å². The van der Waals surface area contributed by atoms with Crippen molar-refractivity contribution in [1.29, 1.82) is 0 Å². The number of amides is 1. The van der Waals surface area contributed by atoms with Gasteiger partial charge in [0.15, 0.2) is 0 Å². The van der Waals surface area contributed by atoms with Gasteiger partial charge in [0, 0.05) is 16.5 Å². The number of pyridine rings is 1. The van der Waals surface area contributed by atoms with Gasteiger partial charge in [0.25, 0.3) is 5.91 Å². The van der Waals surface area contributed by atoms with Gasteiger partial charge in [-0.05, 0) is 55.3 Å². The van der Waals surface area contributed by atoms with Gasteiger partial charge in [-0.3, -0.25) is 9.59 Å². The molecule has 0 radical (unpaired) electrons. The number of halogens is 2. The summed E-state index contributed by atoms with van der Waals surface area (Å²) < 4.78 is 18.1. The van der Waals surface area contributed by atoms with Gasteiger partial charge in [0.2, 0.25) is 0 Å². The van der Waals surface area contributed by atoms with Gasteiger partial charge in [-0.2, -0.15) is 0 Å². The summed E-state index contributed by atoms with van der Waals surface area (Å²) in [6.07, 6.45) is 0. The lowest BCUT2D eigenvalue weighted by atomic mass is 10.0. The zero-order chi connectivity index (χ0) is 20.3. The molecule has 28 heavy (non-hydrogen) atoms. The van der Waals surface area contributed by atoms with Crippen LogP contribution in [0, 0.1) is 19.7 Å². The fourth-order valence-corrected chi connectivity index (χ4v) is 2.86. The number of nitrogens with zero attached hydrogens (tertiary/aromatic N) is 1. The lowest BCUT2D eigenvalue weighted by Crippen LogP contribution is -2.30. The van der Waals surface area contributed by atoms with Crippen LogP contribution in [-0.2, 0) is 16.1 Å². The smallest absolute Gasteiger partial charge is 0.325 e. The molecule has 0 aliphatic rings. The first kappa shape index (κ1) is 19.8. The summed E-state index contributed by atoms with van der Waals surface area (Å²) >= 11 is 6.23. The molecule has 0 saturated carbocycles. The second kappa shape index (κ2) is 8.35. The number of hydrogen-bond acceptors (Lipinski definition) is 4. The van der Waals surface area contributed by atoms with Gasteiger partial charge < -0.3 is 10.1 Å². The van der Waals surface area contributed by atoms with Gasteiger partial charge in [-0.25, -0.2) is 9.37 Å². The maximum Gasteiger partial charge on any atom is 0.325 e. The largest absolute Gasteiger partial charge is 0.459 e. The summed E-state index contributed by atoms with van der Waals surface area (Å²) in [5, 5.41) is 3.60. The number of benzene rings is 2. The molecule has 0 atom stereocenters. The van der Waals surface area contributed by atoms with E-state index in [2.05, 4.69) is 10.3 Å². The first-order chi connectivity index (χ1) is 13.3. The van der Waals surface area contributed by atoms with Crippen LogP contribution in [0.25, 0.3) is 10.9 Å². The van der Waals surface area contributed by atoms with Crippen LogP contribution in [0.15, 0.2) is 42.5 Å². The molecule has 0 saturated heterocycles. The Kier molecular flexibility index (Phi) is 5.90. The second-order valence-corrected chi connectivity index (χ2v) is 6.73. The minimum absolute atomic E-state index is 0.0556. The predicted octanol–water partition coefficient (Wildman–Crippen LogP) is 4.12. The van der Waals surface area contributed by atoms with Crippen molar-refractivity contribution >= 4 is 34.4 Å². The van der Waals surface area contributed by atoms with E-state index in [0.29, 0.717) is 5.56 Å². The van der Waals surface area contributed by atoms with Crippen molar-refractivity contribution in [2.75, 3.05) is 6.54 Å². The quantitative estimate of drug-likeness (QED) is 0.516. The van der Waals surface area contributed by atoms with Crippen LogP contribution in [0.1, 0.15) is 27.0 Å². The van der Waals surface area contributed by atoms with Crippen molar-refractivity contribution in [1.82, 2.24) is 10.3 Å². The molecule has 7 heteroatoms. The highest BCUT2D eigenvalue weighted by Crippen LogP contribution is 2.25. The molecular weight excluding hydrogens is 383 g/mol. The Morgan fingerprint density at radius 3 is 2.57 bits per heavy atom. The first-order valence-corrected chi connectivity index (χ1v) is 8.97. The van der Waals surface area contributed by atoms with Crippen LogP contribution in [-0.4, -0.2) is 23.4 Å². The Morgan fingerprint density at radius 1 is 1.14 bits per heavy atom. The zero-order valence-electron chi connectivity index (χ0n) is 15.4. The number of hydrogen-bond donors (Lipinski definition) is 1. The average Bonchev–Trinajstić information content (AvgIpc) is 2.68. The van der Waals surface area contributed by atoms with E-state index in [1.54, 1.807) is 0 Å². The first-order valence-electron chi connectivity index (χ1n) is 8.60. The van der Waals surface area contributed by atoms with Gasteiger partial charge in [-0.15, -0.1) is 0 Å². The Morgan fingerprint density at radius 2 is 1.86 bits per heavy atom. The average molecular weight is 401 g/mol. The Hall–Kier alpha value is -2.99. The SMILES string of the molecule is Cc1ccc2cc(COC(=O)CNC(=O)c3ccc(F)cc3)c(Cl)nc2c1C. The van der Waals surface area contributed by atoms with Crippen LogP contribution in [0.3, 0.4) is 0 Å². The third-order valence-corrected chi connectivity index (χ3v) is 4.75. The van der Waals surface area contributed by atoms with Crippen molar-refractivity contribution < 1.29 is 18.7 Å². The molecular formula is C21H18ClFN2O3. The molecule has 3 aromatic rings. The minimum Gasteiger partial charge on any atom is -0.459 e. The fraction of sp³-hybridized carbons (Fsp3) is 0.190.